The fourth-order valence-electron chi connectivity index (χ4n) is 4.02. The van der Waals surface area contributed by atoms with E-state index in [2.05, 4.69) is 4.98 Å². The molecule has 0 saturated heterocycles. The number of hydrogen-bond donors (Lipinski definition) is 0. The Bertz CT molecular complexity index is 1340. The van der Waals surface area contributed by atoms with Crippen molar-refractivity contribution in [3.8, 4) is 0 Å². The van der Waals surface area contributed by atoms with Crippen molar-refractivity contribution in [3.05, 3.63) is 57.0 Å². The number of fused-ring (bicyclic) bond motifs is 2. The summed E-state index contributed by atoms with van der Waals surface area (Å²) >= 11 is 1.70. The van der Waals surface area contributed by atoms with Crippen molar-refractivity contribution in [3.63, 3.8) is 0 Å². The number of unbranched alkanes of at least 4 members (excludes halogenated alkanes) is 1. The largest absolute Gasteiger partial charge is 0.331 e. The van der Waals surface area contributed by atoms with Crippen molar-refractivity contribution in [2.45, 2.75) is 62.2 Å². The van der Waals surface area contributed by atoms with Gasteiger partial charge in [0.15, 0.2) is 9.84 Å². The first-order valence-corrected chi connectivity index (χ1v) is 13.1. The third-order valence-electron chi connectivity index (χ3n) is 5.50. The first-order chi connectivity index (χ1) is 14.8. The van der Waals surface area contributed by atoms with Crippen molar-refractivity contribution < 1.29 is 8.42 Å². The summed E-state index contributed by atoms with van der Waals surface area (Å²) in [7, 11) is -3.61. The SMILES string of the molecule is CC(C)c1c2n(c(=O)n(CCCCSc3cccc4nccn34)c1=O)CCCS2(=O)=O. The second-order valence-electron chi connectivity index (χ2n) is 8.01. The summed E-state index contributed by atoms with van der Waals surface area (Å²) in [5.41, 5.74) is 0.159. The van der Waals surface area contributed by atoms with Crippen LogP contribution in [0.2, 0.25) is 0 Å². The number of hydrogen-bond acceptors (Lipinski definition) is 6. The monoisotopic (exact) mass is 462 g/mol. The Balaban J connectivity index is 1.51. The van der Waals surface area contributed by atoms with Crippen LogP contribution in [0.4, 0.5) is 0 Å². The highest BCUT2D eigenvalue weighted by Crippen LogP contribution is 2.24. The third kappa shape index (κ3) is 4.10. The van der Waals surface area contributed by atoms with E-state index in [9.17, 15) is 18.0 Å². The van der Waals surface area contributed by atoms with E-state index in [-0.39, 0.29) is 28.8 Å². The van der Waals surface area contributed by atoms with Crippen LogP contribution in [0.15, 0.2) is 50.2 Å². The molecular weight excluding hydrogens is 436 g/mol. The minimum Gasteiger partial charge on any atom is -0.294 e. The lowest BCUT2D eigenvalue weighted by atomic mass is 10.1. The molecule has 166 valence electrons. The summed E-state index contributed by atoms with van der Waals surface area (Å²) in [4.78, 5) is 30.3. The van der Waals surface area contributed by atoms with Gasteiger partial charge in [0.05, 0.1) is 16.3 Å². The molecule has 0 N–H and O–H groups in total. The molecule has 0 spiro atoms. The van der Waals surface area contributed by atoms with Gasteiger partial charge in [0, 0.05) is 25.5 Å². The minimum atomic E-state index is -3.61. The summed E-state index contributed by atoms with van der Waals surface area (Å²) < 4.78 is 29.8. The molecule has 8 nitrogen and oxygen atoms in total. The highest BCUT2D eigenvalue weighted by atomic mass is 32.2. The summed E-state index contributed by atoms with van der Waals surface area (Å²) in [6, 6.07) is 5.96. The van der Waals surface area contributed by atoms with E-state index in [1.54, 1.807) is 31.8 Å². The first kappa shape index (κ1) is 21.9. The molecule has 0 fully saturated rings. The zero-order valence-electron chi connectivity index (χ0n) is 17.7. The molecule has 31 heavy (non-hydrogen) atoms. The molecule has 0 aliphatic carbocycles. The van der Waals surface area contributed by atoms with E-state index in [4.69, 9.17) is 0 Å². The molecule has 0 atom stereocenters. The summed E-state index contributed by atoms with van der Waals surface area (Å²) in [6.07, 6.45) is 5.56. The van der Waals surface area contributed by atoms with E-state index < -0.39 is 21.1 Å². The average Bonchev–Trinajstić information content (AvgIpc) is 3.20. The molecule has 4 rings (SSSR count). The van der Waals surface area contributed by atoms with Gasteiger partial charge in [-0.1, -0.05) is 19.9 Å². The maximum Gasteiger partial charge on any atom is 0.331 e. The Kier molecular flexibility index (Phi) is 6.11. The number of aromatic nitrogens is 4. The van der Waals surface area contributed by atoms with Gasteiger partial charge in [0.1, 0.15) is 10.7 Å². The lowest BCUT2D eigenvalue weighted by Crippen LogP contribution is -2.46. The van der Waals surface area contributed by atoms with Crippen LogP contribution in [0.3, 0.4) is 0 Å². The van der Waals surface area contributed by atoms with E-state index in [0.717, 1.165) is 22.8 Å². The van der Waals surface area contributed by atoms with Gasteiger partial charge >= 0.3 is 5.69 Å². The normalized spacial score (nSPS) is 15.5. The van der Waals surface area contributed by atoms with Crippen LogP contribution in [0.1, 0.15) is 44.6 Å². The van der Waals surface area contributed by atoms with Crippen LogP contribution in [-0.4, -0.2) is 38.4 Å². The van der Waals surface area contributed by atoms with Crippen LogP contribution in [0, 0.1) is 0 Å². The number of sulfone groups is 1. The van der Waals surface area contributed by atoms with Crippen LogP contribution < -0.4 is 11.2 Å². The second kappa shape index (κ2) is 8.66. The lowest BCUT2D eigenvalue weighted by molar-refractivity contribution is 0.457. The zero-order valence-corrected chi connectivity index (χ0v) is 19.3. The van der Waals surface area contributed by atoms with Crippen molar-refractivity contribution in [1.29, 1.82) is 0 Å². The molecule has 0 radical (unpaired) electrons. The van der Waals surface area contributed by atoms with Gasteiger partial charge in [0.2, 0.25) is 0 Å². The van der Waals surface area contributed by atoms with Gasteiger partial charge in [-0.2, -0.15) is 0 Å². The van der Waals surface area contributed by atoms with Crippen LogP contribution >= 0.6 is 11.8 Å². The number of nitrogens with zero attached hydrogens (tertiary/aromatic N) is 4. The highest BCUT2D eigenvalue weighted by molar-refractivity contribution is 7.99. The average molecular weight is 463 g/mol. The molecule has 3 aromatic heterocycles. The Hall–Kier alpha value is -2.33. The number of thioether (sulfide) groups is 1. The minimum absolute atomic E-state index is 0.0174. The zero-order chi connectivity index (χ0) is 22.2. The Morgan fingerprint density at radius 1 is 1.19 bits per heavy atom. The van der Waals surface area contributed by atoms with Crippen molar-refractivity contribution in [1.82, 2.24) is 18.5 Å². The number of pyridine rings is 1. The first-order valence-electron chi connectivity index (χ1n) is 10.5. The molecule has 0 amide bonds. The number of imidazole rings is 1. The van der Waals surface area contributed by atoms with Crippen LogP contribution in [0.25, 0.3) is 5.65 Å². The fourth-order valence-corrected chi connectivity index (χ4v) is 6.91. The highest BCUT2D eigenvalue weighted by Gasteiger charge is 2.32. The molecule has 3 aromatic rings. The molecule has 1 aliphatic rings. The molecule has 0 bridgehead atoms. The van der Waals surface area contributed by atoms with Gasteiger partial charge in [-0.15, -0.1) is 11.8 Å². The quantitative estimate of drug-likeness (QED) is 0.304. The Labute approximate surface area is 184 Å². The Morgan fingerprint density at radius 3 is 2.77 bits per heavy atom. The molecule has 1 aliphatic heterocycles. The van der Waals surface area contributed by atoms with Gasteiger partial charge in [0.25, 0.3) is 5.56 Å². The summed E-state index contributed by atoms with van der Waals surface area (Å²) in [5.74, 6) is 0.542. The molecular formula is C21H26N4O4S2. The van der Waals surface area contributed by atoms with E-state index in [0.29, 0.717) is 19.4 Å². The van der Waals surface area contributed by atoms with Crippen LogP contribution in [0.5, 0.6) is 0 Å². The van der Waals surface area contributed by atoms with E-state index in [1.807, 2.05) is 28.8 Å². The summed E-state index contributed by atoms with van der Waals surface area (Å²) in [5, 5.41) is 1.03. The predicted octanol–water partition coefficient (Wildman–Crippen LogP) is 2.53. The maximum absolute atomic E-state index is 13.1. The van der Waals surface area contributed by atoms with Crippen LogP contribution in [-0.2, 0) is 22.9 Å². The third-order valence-corrected chi connectivity index (χ3v) is 8.47. The Morgan fingerprint density at radius 2 is 2.00 bits per heavy atom. The van der Waals surface area contributed by atoms with Gasteiger partial charge in [-0.25, -0.2) is 18.2 Å². The number of rotatable bonds is 7. The topological polar surface area (TPSA) is 95.4 Å². The van der Waals surface area contributed by atoms with E-state index in [1.165, 1.54) is 9.13 Å². The van der Waals surface area contributed by atoms with E-state index >= 15 is 0 Å². The maximum atomic E-state index is 13.1. The van der Waals surface area contributed by atoms with Gasteiger partial charge in [-0.3, -0.25) is 18.3 Å². The molecule has 10 heteroatoms. The predicted molar refractivity (Wildman–Crippen MR) is 121 cm³/mol. The lowest BCUT2D eigenvalue weighted by Gasteiger charge is -2.24. The molecule has 0 aromatic carbocycles. The van der Waals surface area contributed by atoms with Crippen molar-refractivity contribution >= 4 is 27.2 Å². The molecule has 0 saturated carbocycles. The van der Waals surface area contributed by atoms with Crippen molar-refractivity contribution in [2.75, 3.05) is 11.5 Å². The fraction of sp³-hybridized carbons (Fsp3) is 0.476. The van der Waals surface area contributed by atoms with Gasteiger partial charge in [-0.05, 0) is 43.1 Å². The van der Waals surface area contributed by atoms with Gasteiger partial charge < -0.3 is 0 Å². The smallest absolute Gasteiger partial charge is 0.294 e. The second-order valence-corrected chi connectivity index (χ2v) is 11.2. The van der Waals surface area contributed by atoms with Crippen molar-refractivity contribution in [2.24, 2.45) is 0 Å². The molecule has 0 unspecified atom stereocenters. The standard InChI is InChI=1S/C21H26N4O4S2/c1-15(2)18-19(26)24(21(27)25-11-6-14-31(28,29)20(18)25)10-3-4-13-30-17-8-5-7-16-22-9-12-23(16)17/h5,7-9,12,15H,3-4,6,10-11,13-14H2,1-2H3. The molecule has 4 heterocycles. The summed E-state index contributed by atoms with van der Waals surface area (Å²) in [6.45, 7) is 4.21.